The number of hydrogen-bond donors (Lipinski definition) is 3. The third-order valence-electron chi connectivity index (χ3n) is 2.61. The molecule has 3 heteroatoms. The first-order valence-corrected chi connectivity index (χ1v) is 6.01. The Balaban J connectivity index is 3.57. The molecule has 0 heterocycles. The first-order valence-electron chi connectivity index (χ1n) is 6.01. The van der Waals surface area contributed by atoms with Crippen molar-refractivity contribution >= 4 is 0 Å². The van der Waals surface area contributed by atoms with Crippen LogP contribution in [0.1, 0.15) is 53.4 Å². The molecule has 0 amide bonds. The van der Waals surface area contributed by atoms with Gasteiger partial charge in [0.25, 0.3) is 0 Å². The molecule has 0 unspecified atom stereocenters. The maximum absolute atomic E-state index is 5.92. The summed E-state index contributed by atoms with van der Waals surface area (Å²) >= 11 is 0. The number of rotatable bonds is 8. The molecular formula is C12H29N3. The van der Waals surface area contributed by atoms with E-state index in [4.69, 9.17) is 11.5 Å². The van der Waals surface area contributed by atoms with Crippen molar-refractivity contribution in [2.75, 3.05) is 13.1 Å². The van der Waals surface area contributed by atoms with Crippen molar-refractivity contribution in [3.63, 3.8) is 0 Å². The minimum Gasteiger partial charge on any atom is -0.330 e. The fraction of sp³-hybridized carbons (Fsp3) is 1.00. The third-order valence-corrected chi connectivity index (χ3v) is 2.61. The Bertz CT molecular complexity index is 159. The average molecular weight is 215 g/mol. The minimum absolute atomic E-state index is 0.0386. The Hall–Kier alpha value is -0.120. The Kier molecular flexibility index (Phi) is 6.41. The van der Waals surface area contributed by atoms with Gasteiger partial charge in [-0.15, -0.1) is 0 Å². The van der Waals surface area contributed by atoms with Gasteiger partial charge in [-0.3, -0.25) is 0 Å². The zero-order chi connectivity index (χ0) is 11.9. The van der Waals surface area contributed by atoms with Crippen molar-refractivity contribution < 1.29 is 0 Å². The van der Waals surface area contributed by atoms with Crippen LogP contribution < -0.4 is 16.8 Å². The first-order chi connectivity index (χ1) is 6.77. The van der Waals surface area contributed by atoms with Gasteiger partial charge in [-0.2, -0.15) is 0 Å². The largest absolute Gasteiger partial charge is 0.330 e. The Labute approximate surface area is 95.0 Å². The maximum atomic E-state index is 5.92. The second-order valence-electron chi connectivity index (χ2n) is 5.80. The molecule has 0 rings (SSSR count). The topological polar surface area (TPSA) is 64.1 Å². The smallest absolute Gasteiger partial charge is 0.0125 e. The van der Waals surface area contributed by atoms with Gasteiger partial charge in [0, 0.05) is 11.1 Å². The van der Waals surface area contributed by atoms with E-state index >= 15 is 0 Å². The highest BCUT2D eigenvalue weighted by Gasteiger charge is 2.16. The van der Waals surface area contributed by atoms with Crippen LogP contribution in [0.4, 0.5) is 0 Å². The molecule has 0 bridgehead atoms. The maximum Gasteiger partial charge on any atom is 0.0125 e. The van der Waals surface area contributed by atoms with E-state index in [1.807, 2.05) is 0 Å². The van der Waals surface area contributed by atoms with Crippen LogP contribution in [-0.4, -0.2) is 24.2 Å². The predicted molar refractivity (Wildman–Crippen MR) is 67.9 cm³/mol. The molecule has 0 saturated carbocycles. The van der Waals surface area contributed by atoms with Gasteiger partial charge in [-0.1, -0.05) is 0 Å². The van der Waals surface area contributed by atoms with Crippen molar-refractivity contribution in [3.8, 4) is 0 Å². The molecule has 0 radical (unpaired) electrons. The highest BCUT2D eigenvalue weighted by Crippen LogP contribution is 2.11. The second-order valence-corrected chi connectivity index (χ2v) is 5.80. The second kappa shape index (κ2) is 6.46. The summed E-state index contributed by atoms with van der Waals surface area (Å²) in [6.45, 7) is 10.4. The highest BCUT2D eigenvalue weighted by molar-refractivity contribution is 4.78. The van der Waals surface area contributed by atoms with Crippen LogP contribution in [-0.2, 0) is 0 Å². The molecule has 3 nitrogen and oxygen atoms in total. The first kappa shape index (κ1) is 14.9. The number of nitrogens with one attached hydrogen (secondary N) is 1. The minimum atomic E-state index is -0.0386. The van der Waals surface area contributed by atoms with E-state index < -0.39 is 0 Å². The molecule has 0 aromatic carbocycles. The fourth-order valence-electron chi connectivity index (χ4n) is 1.60. The number of nitrogens with two attached hydrogens (primary N) is 2. The lowest BCUT2D eigenvalue weighted by Crippen LogP contribution is -2.41. The van der Waals surface area contributed by atoms with Crippen LogP contribution in [0, 0.1) is 0 Å². The molecule has 0 aromatic heterocycles. The van der Waals surface area contributed by atoms with Gasteiger partial charge in [0.15, 0.2) is 0 Å². The summed E-state index contributed by atoms with van der Waals surface area (Å²) in [6.07, 6.45) is 4.42. The summed E-state index contributed by atoms with van der Waals surface area (Å²) in [6, 6.07) is 0. The lowest BCUT2D eigenvalue weighted by molar-refractivity contribution is 0.341. The van der Waals surface area contributed by atoms with Gasteiger partial charge in [0.1, 0.15) is 0 Å². The van der Waals surface area contributed by atoms with Gasteiger partial charge >= 0.3 is 0 Å². The lowest BCUT2D eigenvalue weighted by atomic mass is 9.96. The average Bonchev–Trinajstić information content (AvgIpc) is 2.08. The van der Waals surface area contributed by atoms with Gasteiger partial charge in [0.2, 0.25) is 0 Å². The molecule has 0 saturated heterocycles. The summed E-state index contributed by atoms with van der Waals surface area (Å²) in [5.41, 5.74) is 11.6. The molecule has 15 heavy (non-hydrogen) atoms. The van der Waals surface area contributed by atoms with Gasteiger partial charge in [0.05, 0.1) is 0 Å². The predicted octanol–water partition coefficient (Wildman–Crippen LogP) is 1.61. The molecule has 0 aliphatic heterocycles. The van der Waals surface area contributed by atoms with Gasteiger partial charge < -0.3 is 16.8 Å². The van der Waals surface area contributed by atoms with E-state index in [0.717, 1.165) is 38.8 Å². The van der Waals surface area contributed by atoms with E-state index in [1.54, 1.807) is 0 Å². The summed E-state index contributed by atoms with van der Waals surface area (Å²) in [5.74, 6) is 0. The van der Waals surface area contributed by atoms with Crippen LogP contribution >= 0.6 is 0 Å². The van der Waals surface area contributed by atoms with Crippen molar-refractivity contribution in [1.29, 1.82) is 0 Å². The fourth-order valence-corrected chi connectivity index (χ4v) is 1.60. The summed E-state index contributed by atoms with van der Waals surface area (Å²) < 4.78 is 0. The normalized spacial score (nSPS) is 13.2. The van der Waals surface area contributed by atoms with Crippen LogP contribution in [0.25, 0.3) is 0 Å². The molecule has 0 fully saturated rings. The third kappa shape index (κ3) is 10.2. The van der Waals surface area contributed by atoms with Crippen LogP contribution in [0.3, 0.4) is 0 Å². The van der Waals surface area contributed by atoms with E-state index in [2.05, 4.69) is 33.0 Å². The zero-order valence-electron chi connectivity index (χ0n) is 10.9. The Morgan fingerprint density at radius 1 is 1.00 bits per heavy atom. The SMILES string of the molecule is CC(C)(N)CCCNC(C)(C)CCCN. The van der Waals surface area contributed by atoms with Crippen molar-refractivity contribution in [3.05, 3.63) is 0 Å². The molecule has 5 N–H and O–H groups in total. The Morgan fingerprint density at radius 2 is 1.60 bits per heavy atom. The molecule has 0 aliphatic rings. The standard InChI is InChI=1S/C12H29N3/c1-11(2,14)7-6-10-15-12(3,4)8-5-9-13/h15H,5-10,13-14H2,1-4H3. The highest BCUT2D eigenvalue weighted by atomic mass is 14.9. The van der Waals surface area contributed by atoms with Gasteiger partial charge in [-0.25, -0.2) is 0 Å². The van der Waals surface area contributed by atoms with Crippen LogP contribution in [0.2, 0.25) is 0 Å². The molecule has 0 aliphatic carbocycles. The summed E-state index contributed by atoms with van der Waals surface area (Å²) in [7, 11) is 0. The molecule has 0 aromatic rings. The van der Waals surface area contributed by atoms with Crippen LogP contribution in [0.5, 0.6) is 0 Å². The van der Waals surface area contributed by atoms with E-state index in [-0.39, 0.29) is 11.1 Å². The lowest BCUT2D eigenvalue weighted by Gasteiger charge is -2.27. The molecule has 92 valence electrons. The quantitative estimate of drug-likeness (QED) is 0.539. The summed E-state index contributed by atoms with van der Waals surface area (Å²) in [5, 5.41) is 3.56. The monoisotopic (exact) mass is 215 g/mol. The van der Waals surface area contributed by atoms with Crippen molar-refractivity contribution in [1.82, 2.24) is 5.32 Å². The van der Waals surface area contributed by atoms with Gasteiger partial charge in [-0.05, 0) is 66.5 Å². The van der Waals surface area contributed by atoms with E-state index in [1.165, 1.54) is 0 Å². The zero-order valence-corrected chi connectivity index (χ0v) is 10.9. The molecular weight excluding hydrogens is 186 g/mol. The summed E-state index contributed by atoms with van der Waals surface area (Å²) in [4.78, 5) is 0. The van der Waals surface area contributed by atoms with Crippen LogP contribution in [0.15, 0.2) is 0 Å². The Morgan fingerprint density at radius 3 is 2.07 bits per heavy atom. The van der Waals surface area contributed by atoms with Crippen molar-refractivity contribution in [2.24, 2.45) is 11.5 Å². The van der Waals surface area contributed by atoms with E-state index in [0.29, 0.717) is 0 Å². The number of hydrogen-bond acceptors (Lipinski definition) is 3. The van der Waals surface area contributed by atoms with Crippen molar-refractivity contribution in [2.45, 2.75) is 64.5 Å². The van der Waals surface area contributed by atoms with E-state index in [9.17, 15) is 0 Å². The molecule has 0 atom stereocenters. The molecule has 0 spiro atoms.